The van der Waals surface area contributed by atoms with Crippen LogP contribution < -0.4 is 4.57 Å². The average Bonchev–Trinajstić information content (AvgIpc) is 3.09. The molecule has 0 spiro atoms. The minimum atomic E-state index is 0.765. The highest BCUT2D eigenvalue weighted by Crippen LogP contribution is 2.34. The molecule has 3 rings (SSSR count). The highest BCUT2D eigenvalue weighted by Gasteiger charge is 2.16. The number of nitrogens with zero attached hydrogens (tertiary/aromatic N) is 3. The van der Waals surface area contributed by atoms with E-state index >= 15 is 0 Å². The van der Waals surface area contributed by atoms with E-state index in [-0.39, 0.29) is 0 Å². The van der Waals surface area contributed by atoms with Gasteiger partial charge in [0.2, 0.25) is 0 Å². The van der Waals surface area contributed by atoms with Crippen molar-refractivity contribution in [2.45, 2.75) is 31.6 Å². The lowest BCUT2D eigenvalue weighted by Crippen LogP contribution is -2.23. The standard InChI is InChI=1S/C15H18N3S/c1-18-10-11-19-15(18)17-16-14-8-6-13(7-9-14)12-4-2-3-5-12/h6-12H,2-5H2,1H3/q+1. The molecule has 1 aliphatic carbocycles. The maximum absolute atomic E-state index is 4.29. The van der Waals surface area contributed by atoms with Crippen LogP contribution in [0.4, 0.5) is 10.8 Å². The summed E-state index contributed by atoms with van der Waals surface area (Å²) < 4.78 is 1.97. The molecule has 1 saturated carbocycles. The Morgan fingerprint density at radius 1 is 1.11 bits per heavy atom. The number of benzene rings is 1. The second-order valence-electron chi connectivity index (χ2n) is 5.07. The van der Waals surface area contributed by atoms with Crippen LogP contribution in [0.25, 0.3) is 0 Å². The summed E-state index contributed by atoms with van der Waals surface area (Å²) >= 11 is 1.59. The number of aryl methyl sites for hydroxylation is 1. The predicted molar refractivity (Wildman–Crippen MR) is 77.3 cm³/mol. The zero-order valence-electron chi connectivity index (χ0n) is 11.1. The molecule has 1 aromatic carbocycles. The topological polar surface area (TPSA) is 28.6 Å². The first-order chi connectivity index (χ1) is 9.33. The van der Waals surface area contributed by atoms with Crippen molar-refractivity contribution in [3.63, 3.8) is 0 Å². The number of azo groups is 1. The van der Waals surface area contributed by atoms with Gasteiger partial charge in [0.15, 0.2) is 0 Å². The summed E-state index contributed by atoms with van der Waals surface area (Å²) in [6.45, 7) is 0. The van der Waals surface area contributed by atoms with Crippen LogP contribution in [0.2, 0.25) is 0 Å². The van der Waals surface area contributed by atoms with Crippen molar-refractivity contribution in [3.8, 4) is 0 Å². The summed E-state index contributed by atoms with van der Waals surface area (Å²) in [5.41, 5.74) is 2.38. The van der Waals surface area contributed by atoms with Crippen molar-refractivity contribution >= 4 is 22.2 Å². The summed E-state index contributed by atoms with van der Waals surface area (Å²) in [6.07, 6.45) is 7.42. The molecule has 0 aliphatic heterocycles. The minimum absolute atomic E-state index is 0.765. The van der Waals surface area contributed by atoms with Crippen molar-refractivity contribution in [2.24, 2.45) is 17.3 Å². The van der Waals surface area contributed by atoms with E-state index in [0.717, 1.165) is 16.7 Å². The summed E-state index contributed by atoms with van der Waals surface area (Å²) in [4.78, 5) is 0. The lowest BCUT2D eigenvalue weighted by molar-refractivity contribution is -0.654. The molecule has 4 heteroatoms. The first-order valence-electron chi connectivity index (χ1n) is 6.78. The molecule has 1 fully saturated rings. The van der Waals surface area contributed by atoms with Crippen LogP contribution >= 0.6 is 11.3 Å². The van der Waals surface area contributed by atoms with Gasteiger partial charge in [0.25, 0.3) is 0 Å². The Kier molecular flexibility index (Phi) is 3.69. The SMILES string of the molecule is C[n+]1ccsc1N=Nc1ccc(C2CCCC2)cc1. The molecule has 2 aromatic rings. The fourth-order valence-electron chi connectivity index (χ4n) is 2.60. The zero-order chi connectivity index (χ0) is 13.1. The quantitative estimate of drug-likeness (QED) is 0.575. The molecule has 1 aliphatic rings. The van der Waals surface area contributed by atoms with Gasteiger partial charge in [0.1, 0.15) is 11.9 Å². The first-order valence-corrected chi connectivity index (χ1v) is 7.66. The maximum Gasteiger partial charge on any atom is 0.408 e. The number of hydrogen-bond acceptors (Lipinski definition) is 3. The third-order valence-electron chi connectivity index (χ3n) is 3.73. The van der Waals surface area contributed by atoms with Crippen molar-refractivity contribution in [1.82, 2.24) is 0 Å². The van der Waals surface area contributed by atoms with E-state index in [1.807, 2.05) is 23.2 Å². The van der Waals surface area contributed by atoms with Gasteiger partial charge in [-0.25, -0.2) is 4.57 Å². The van der Waals surface area contributed by atoms with Crippen LogP contribution in [0.15, 0.2) is 46.1 Å². The molecule has 0 bridgehead atoms. The number of aromatic nitrogens is 1. The van der Waals surface area contributed by atoms with Crippen molar-refractivity contribution in [3.05, 3.63) is 41.4 Å². The Morgan fingerprint density at radius 3 is 2.47 bits per heavy atom. The number of thiazole rings is 1. The van der Waals surface area contributed by atoms with Crippen LogP contribution in [-0.4, -0.2) is 0 Å². The van der Waals surface area contributed by atoms with Gasteiger partial charge < -0.3 is 0 Å². The van der Waals surface area contributed by atoms with Crippen molar-refractivity contribution in [1.29, 1.82) is 0 Å². The Hall–Kier alpha value is -1.55. The molecular formula is C15H18N3S+. The smallest absolute Gasteiger partial charge is 0.222 e. The van der Waals surface area contributed by atoms with Gasteiger partial charge in [-0.15, -0.1) is 0 Å². The van der Waals surface area contributed by atoms with Crippen molar-refractivity contribution < 1.29 is 4.57 Å². The maximum atomic E-state index is 4.29. The molecule has 1 heterocycles. The minimum Gasteiger partial charge on any atom is -0.222 e. The molecule has 0 atom stereocenters. The molecular weight excluding hydrogens is 254 g/mol. The molecule has 0 amide bonds. The fourth-order valence-corrected chi connectivity index (χ4v) is 3.28. The normalized spacial score (nSPS) is 16.5. The Labute approximate surface area is 117 Å². The van der Waals surface area contributed by atoms with E-state index in [4.69, 9.17) is 0 Å². The monoisotopic (exact) mass is 272 g/mol. The van der Waals surface area contributed by atoms with Gasteiger partial charge in [-0.1, -0.05) is 25.0 Å². The van der Waals surface area contributed by atoms with Gasteiger partial charge >= 0.3 is 5.13 Å². The summed E-state index contributed by atoms with van der Waals surface area (Å²) in [5, 5.41) is 11.5. The lowest BCUT2D eigenvalue weighted by Gasteiger charge is -2.08. The predicted octanol–water partition coefficient (Wildman–Crippen LogP) is 4.65. The summed E-state index contributed by atoms with van der Waals surface area (Å²) in [5.74, 6) is 0.765. The van der Waals surface area contributed by atoms with E-state index in [1.165, 1.54) is 31.2 Å². The third-order valence-corrected chi connectivity index (χ3v) is 4.57. The largest absolute Gasteiger partial charge is 0.408 e. The van der Waals surface area contributed by atoms with Gasteiger partial charge in [0.05, 0.1) is 12.2 Å². The second-order valence-corrected chi connectivity index (χ2v) is 5.94. The molecule has 0 N–H and O–H groups in total. The van der Waals surface area contributed by atoms with Gasteiger partial charge in [0, 0.05) is 5.38 Å². The van der Waals surface area contributed by atoms with E-state index in [9.17, 15) is 0 Å². The van der Waals surface area contributed by atoms with Gasteiger partial charge in [-0.05, 0) is 52.9 Å². The van der Waals surface area contributed by atoms with Gasteiger partial charge in [-0.3, -0.25) is 0 Å². The van der Waals surface area contributed by atoms with Crippen LogP contribution in [0, 0.1) is 0 Å². The highest BCUT2D eigenvalue weighted by atomic mass is 32.1. The molecule has 1 aromatic heterocycles. The van der Waals surface area contributed by atoms with Crippen LogP contribution in [-0.2, 0) is 7.05 Å². The lowest BCUT2D eigenvalue weighted by atomic mass is 9.98. The van der Waals surface area contributed by atoms with Crippen LogP contribution in [0.5, 0.6) is 0 Å². The Balaban J connectivity index is 1.72. The molecule has 3 nitrogen and oxygen atoms in total. The molecule has 19 heavy (non-hydrogen) atoms. The number of rotatable bonds is 3. The van der Waals surface area contributed by atoms with E-state index in [1.54, 1.807) is 11.3 Å². The molecule has 0 unspecified atom stereocenters. The Bertz CT molecular complexity index is 565. The third kappa shape index (κ3) is 2.89. The van der Waals surface area contributed by atoms with Gasteiger partial charge in [-0.2, -0.15) is 0 Å². The molecule has 98 valence electrons. The summed E-state index contributed by atoms with van der Waals surface area (Å²) in [6, 6.07) is 8.56. The molecule has 0 radical (unpaired) electrons. The number of hydrogen-bond donors (Lipinski definition) is 0. The van der Waals surface area contributed by atoms with Crippen LogP contribution in [0.1, 0.15) is 37.2 Å². The van der Waals surface area contributed by atoms with Crippen molar-refractivity contribution in [2.75, 3.05) is 0 Å². The zero-order valence-corrected chi connectivity index (χ0v) is 11.9. The average molecular weight is 272 g/mol. The second kappa shape index (κ2) is 5.61. The fraction of sp³-hybridized carbons (Fsp3) is 0.400. The Morgan fingerprint density at radius 2 is 1.84 bits per heavy atom. The van der Waals surface area contributed by atoms with E-state index in [0.29, 0.717) is 0 Å². The van der Waals surface area contributed by atoms with E-state index in [2.05, 4.69) is 34.5 Å². The van der Waals surface area contributed by atoms with E-state index < -0.39 is 0 Å². The summed E-state index contributed by atoms with van der Waals surface area (Å²) in [7, 11) is 1.98. The van der Waals surface area contributed by atoms with Crippen LogP contribution in [0.3, 0.4) is 0 Å². The molecule has 0 saturated heterocycles. The highest BCUT2D eigenvalue weighted by molar-refractivity contribution is 7.12. The first kappa shape index (κ1) is 12.5.